The smallest absolute Gasteiger partial charge is 0.0154 e. The Bertz CT molecular complexity index is 690. The zero-order valence-corrected chi connectivity index (χ0v) is 24.6. The molecule has 4 fully saturated rings. The number of hydrogen-bond donors (Lipinski definition) is 0. The Hall–Kier alpha value is -0.160. The molecule has 0 N–H and O–H groups in total. The quantitative estimate of drug-likeness (QED) is 0.516. The fourth-order valence-corrected chi connectivity index (χ4v) is 7.47. The van der Waals surface area contributed by atoms with Gasteiger partial charge in [0, 0.05) is 54.9 Å². The molecule has 4 heterocycles. The predicted molar refractivity (Wildman–Crippen MR) is 146 cm³/mol. The molecule has 0 saturated carbocycles. The lowest BCUT2D eigenvalue weighted by molar-refractivity contribution is 0.0330. The van der Waals surface area contributed by atoms with Crippen molar-refractivity contribution in [2.75, 3.05) is 52.4 Å². The summed E-state index contributed by atoms with van der Waals surface area (Å²) in [5, 5.41) is 0. The largest absolute Gasteiger partial charge is 0.298 e. The minimum atomic E-state index is 0.306. The molecule has 4 aliphatic rings. The van der Waals surface area contributed by atoms with Crippen molar-refractivity contribution in [2.45, 2.75) is 123 Å². The van der Waals surface area contributed by atoms with Crippen molar-refractivity contribution < 1.29 is 0 Å². The van der Waals surface area contributed by atoms with E-state index in [1.54, 1.807) is 0 Å². The van der Waals surface area contributed by atoms with E-state index in [4.69, 9.17) is 0 Å². The van der Waals surface area contributed by atoms with Gasteiger partial charge in [0.05, 0.1) is 0 Å². The van der Waals surface area contributed by atoms with Crippen LogP contribution in [0.1, 0.15) is 101 Å². The van der Waals surface area contributed by atoms with Crippen molar-refractivity contribution in [3.8, 4) is 0 Å². The van der Waals surface area contributed by atoms with Gasteiger partial charge in [0.25, 0.3) is 0 Å². The van der Waals surface area contributed by atoms with Crippen LogP contribution in [0.3, 0.4) is 0 Å². The molecule has 0 radical (unpaired) electrons. The summed E-state index contributed by atoms with van der Waals surface area (Å²) >= 11 is 0. The van der Waals surface area contributed by atoms with Crippen LogP contribution in [0.15, 0.2) is 0 Å². The maximum Gasteiger partial charge on any atom is 0.0154 e. The third kappa shape index (κ3) is 5.55. The van der Waals surface area contributed by atoms with Crippen molar-refractivity contribution in [1.29, 1.82) is 0 Å². The van der Waals surface area contributed by atoms with E-state index in [1.807, 2.05) is 0 Å². The Labute approximate surface area is 212 Å². The zero-order chi connectivity index (χ0) is 25.2. The molecule has 4 heteroatoms. The Kier molecular flexibility index (Phi) is 7.11. The van der Waals surface area contributed by atoms with Crippen LogP contribution in [0.5, 0.6) is 0 Å². The minimum absolute atomic E-state index is 0.306. The molecule has 1 spiro atoms. The highest BCUT2D eigenvalue weighted by atomic mass is 15.3. The molecule has 0 aromatic rings. The van der Waals surface area contributed by atoms with Gasteiger partial charge in [-0.3, -0.25) is 19.6 Å². The summed E-state index contributed by atoms with van der Waals surface area (Å²) in [6.45, 7) is 34.8. The van der Waals surface area contributed by atoms with Gasteiger partial charge in [-0.25, -0.2) is 0 Å². The number of fused-ring (bicyclic) bond motifs is 1. The summed E-state index contributed by atoms with van der Waals surface area (Å²) < 4.78 is 0. The third-order valence-electron chi connectivity index (χ3n) is 10.7. The zero-order valence-electron chi connectivity index (χ0n) is 24.6. The van der Waals surface area contributed by atoms with Crippen molar-refractivity contribution in [1.82, 2.24) is 19.6 Å². The molecule has 4 nitrogen and oxygen atoms in total. The van der Waals surface area contributed by atoms with E-state index >= 15 is 0 Å². The number of rotatable bonds is 5. The highest BCUT2D eigenvalue weighted by Crippen LogP contribution is 2.45. The fraction of sp³-hybridized carbons (Fsp3) is 1.00. The van der Waals surface area contributed by atoms with Gasteiger partial charge in [-0.1, -0.05) is 0 Å². The number of hydrogen-bond acceptors (Lipinski definition) is 4. The number of nitrogens with zero attached hydrogens (tertiary/aromatic N) is 4. The van der Waals surface area contributed by atoms with E-state index in [1.165, 1.54) is 84.5 Å². The molecule has 2 unspecified atom stereocenters. The fourth-order valence-electron chi connectivity index (χ4n) is 7.47. The lowest BCUT2D eigenvalue weighted by Gasteiger charge is -2.46. The summed E-state index contributed by atoms with van der Waals surface area (Å²) in [6.07, 6.45) is 6.82. The molecular weight excluding hydrogens is 416 g/mol. The molecule has 0 aromatic heterocycles. The Morgan fingerprint density at radius 3 is 1.35 bits per heavy atom. The van der Waals surface area contributed by atoms with Gasteiger partial charge in [-0.15, -0.1) is 0 Å². The number of piperidine rings is 1. The van der Waals surface area contributed by atoms with E-state index in [0.29, 0.717) is 27.6 Å². The maximum absolute atomic E-state index is 2.87. The van der Waals surface area contributed by atoms with E-state index in [9.17, 15) is 0 Å². The van der Waals surface area contributed by atoms with E-state index in [2.05, 4.69) is 88.8 Å². The molecule has 198 valence electrons. The lowest BCUT2D eigenvalue weighted by atomic mass is 9.76. The lowest BCUT2D eigenvalue weighted by Crippen LogP contribution is -2.51. The van der Waals surface area contributed by atoms with Crippen molar-refractivity contribution in [3.05, 3.63) is 0 Å². The van der Waals surface area contributed by atoms with E-state index < -0.39 is 0 Å². The van der Waals surface area contributed by atoms with Crippen molar-refractivity contribution >= 4 is 0 Å². The minimum Gasteiger partial charge on any atom is -0.298 e. The molecule has 4 rings (SSSR count). The molecular formula is C30H58N4. The topological polar surface area (TPSA) is 13.0 Å². The average Bonchev–Trinajstić information content (AvgIpc) is 3.40. The van der Waals surface area contributed by atoms with E-state index in [0.717, 1.165) is 11.8 Å². The summed E-state index contributed by atoms with van der Waals surface area (Å²) in [7, 11) is 0. The van der Waals surface area contributed by atoms with Crippen LogP contribution in [0.25, 0.3) is 0 Å². The predicted octanol–water partition coefficient (Wildman–Crippen LogP) is 5.57. The second-order valence-electron chi connectivity index (χ2n) is 16.0. The van der Waals surface area contributed by atoms with Crippen molar-refractivity contribution in [3.63, 3.8) is 0 Å². The second kappa shape index (κ2) is 8.99. The maximum atomic E-state index is 2.87. The molecule has 4 saturated heterocycles. The molecule has 4 aliphatic heterocycles. The molecule has 0 aromatic carbocycles. The Morgan fingerprint density at radius 1 is 0.529 bits per heavy atom. The van der Waals surface area contributed by atoms with Gasteiger partial charge in [-0.2, -0.15) is 0 Å². The third-order valence-corrected chi connectivity index (χ3v) is 10.7. The monoisotopic (exact) mass is 474 g/mol. The van der Waals surface area contributed by atoms with Gasteiger partial charge in [-0.05, 0) is 138 Å². The van der Waals surface area contributed by atoms with Crippen LogP contribution >= 0.6 is 0 Å². The first-order chi connectivity index (χ1) is 15.5. The average molecular weight is 475 g/mol. The second-order valence-corrected chi connectivity index (χ2v) is 16.0. The van der Waals surface area contributed by atoms with Gasteiger partial charge < -0.3 is 0 Å². The summed E-state index contributed by atoms with van der Waals surface area (Å²) in [6, 6.07) is 0. The molecule has 0 amide bonds. The van der Waals surface area contributed by atoms with Gasteiger partial charge >= 0.3 is 0 Å². The van der Waals surface area contributed by atoms with Crippen LogP contribution in [0, 0.1) is 17.3 Å². The first-order valence-corrected chi connectivity index (χ1v) is 14.5. The van der Waals surface area contributed by atoms with Gasteiger partial charge in [0.15, 0.2) is 0 Å². The first-order valence-electron chi connectivity index (χ1n) is 14.5. The SMILES string of the molecule is CC(C)(C)N1CCC2(CC1)CCN(C(C)(C)CCC(C)(C)N1CC3CN(C(C)(C)C)CC3C1)C2. The van der Waals surface area contributed by atoms with Crippen LogP contribution in [-0.2, 0) is 0 Å². The summed E-state index contributed by atoms with van der Waals surface area (Å²) in [5.74, 6) is 1.76. The Morgan fingerprint density at radius 2 is 0.912 bits per heavy atom. The standard InChI is InChI=1S/C30H58N4/c1-26(2,3)31-16-13-30(14-17-31)15-18-32(23-30)28(7,8)11-12-29(9,10)34-21-24-19-33(27(4,5)6)20-25(24)22-34/h24-25H,11-23H2,1-10H3. The normalized spacial score (nSPS) is 30.5. The van der Waals surface area contributed by atoms with Gasteiger partial charge in [0.2, 0.25) is 0 Å². The summed E-state index contributed by atoms with van der Waals surface area (Å²) in [4.78, 5) is 11.2. The van der Waals surface area contributed by atoms with Crippen LogP contribution in [0.4, 0.5) is 0 Å². The highest BCUT2D eigenvalue weighted by Gasteiger charge is 2.48. The summed E-state index contributed by atoms with van der Waals surface area (Å²) in [5.41, 5.74) is 1.85. The Balaban J connectivity index is 1.27. The number of likely N-dealkylation sites (tertiary alicyclic amines) is 4. The molecule has 34 heavy (non-hydrogen) atoms. The van der Waals surface area contributed by atoms with Crippen molar-refractivity contribution in [2.24, 2.45) is 17.3 Å². The van der Waals surface area contributed by atoms with Crippen LogP contribution in [0.2, 0.25) is 0 Å². The van der Waals surface area contributed by atoms with Gasteiger partial charge in [0.1, 0.15) is 0 Å². The van der Waals surface area contributed by atoms with Crippen LogP contribution < -0.4 is 0 Å². The molecule has 0 aliphatic carbocycles. The first kappa shape index (κ1) is 26.9. The van der Waals surface area contributed by atoms with Crippen LogP contribution in [-0.4, -0.2) is 94.1 Å². The van der Waals surface area contributed by atoms with E-state index in [-0.39, 0.29) is 0 Å². The molecule has 0 bridgehead atoms. The molecule has 2 atom stereocenters. The highest BCUT2D eigenvalue weighted by molar-refractivity contribution is 5.02.